The number of carbonyl (C=O) groups excluding carboxylic acids is 2. The summed E-state index contributed by atoms with van der Waals surface area (Å²) in [4.78, 5) is 29.9. The lowest BCUT2D eigenvalue weighted by molar-refractivity contribution is -0.157. The SMILES string of the molecule is CC(C)(C)OC(=O)[C@H](Cc1ncccc1C#N)NC(=O)OCC1c2ccccc2-c2ccccc21. The highest BCUT2D eigenvalue weighted by molar-refractivity contribution is 5.82. The van der Waals surface area contributed by atoms with E-state index in [-0.39, 0.29) is 18.9 Å². The summed E-state index contributed by atoms with van der Waals surface area (Å²) in [6, 6.07) is 20.4. The summed E-state index contributed by atoms with van der Waals surface area (Å²) in [7, 11) is 0. The molecule has 1 aliphatic carbocycles. The number of nitriles is 1. The van der Waals surface area contributed by atoms with Crippen molar-refractivity contribution in [2.45, 2.75) is 44.8 Å². The van der Waals surface area contributed by atoms with Crippen molar-refractivity contribution in [1.82, 2.24) is 10.3 Å². The van der Waals surface area contributed by atoms with Gasteiger partial charge in [-0.15, -0.1) is 0 Å². The molecule has 178 valence electrons. The molecule has 0 saturated heterocycles. The van der Waals surface area contributed by atoms with Crippen molar-refractivity contribution >= 4 is 12.1 Å². The first-order valence-corrected chi connectivity index (χ1v) is 11.4. The van der Waals surface area contributed by atoms with E-state index in [2.05, 4.69) is 28.5 Å². The molecule has 7 heteroatoms. The summed E-state index contributed by atoms with van der Waals surface area (Å²) in [5.41, 5.74) is 4.42. The smallest absolute Gasteiger partial charge is 0.407 e. The number of carbonyl (C=O) groups is 2. The minimum Gasteiger partial charge on any atom is -0.458 e. The summed E-state index contributed by atoms with van der Waals surface area (Å²) < 4.78 is 11.1. The van der Waals surface area contributed by atoms with Gasteiger partial charge in [0.05, 0.1) is 11.3 Å². The lowest BCUT2D eigenvalue weighted by Gasteiger charge is -2.24. The number of hydrogen-bond acceptors (Lipinski definition) is 6. The van der Waals surface area contributed by atoms with E-state index in [9.17, 15) is 14.9 Å². The van der Waals surface area contributed by atoms with Crippen LogP contribution in [0.1, 0.15) is 49.1 Å². The van der Waals surface area contributed by atoms with Gasteiger partial charge in [0.15, 0.2) is 0 Å². The zero-order valence-corrected chi connectivity index (χ0v) is 19.9. The molecule has 0 fully saturated rings. The summed E-state index contributed by atoms with van der Waals surface area (Å²) in [6.45, 7) is 5.36. The largest absolute Gasteiger partial charge is 0.458 e. The molecule has 0 spiro atoms. The van der Waals surface area contributed by atoms with Gasteiger partial charge in [-0.05, 0) is 55.2 Å². The number of esters is 1. The molecule has 0 saturated carbocycles. The summed E-state index contributed by atoms with van der Waals surface area (Å²) in [5, 5.41) is 12.0. The average molecular weight is 470 g/mol. The topological polar surface area (TPSA) is 101 Å². The number of aromatic nitrogens is 1. The molecule has 0 aliphatic heterocycles. The maximum atomic E-state index is 12.9. The van der Waals surface area contributed by atoms with Gasteiger partial charge in [-0.1, -0.05) is 48.5 Å². The van der Waals surface area contributed by atoms with Crippen molar-refractivity contribution in [1.29, 1.82) is 5.26 Å². The van der Waals surface area contributed by atoms with E-state index in [1.807, 2.05) is 36.4 Å². The molecule has 0 bridgehead atoms. The molecule has 1 amide bonds. The van der Waals surface area contributed by atoms with Gasteiger partial charge in [-0.2, -0.15) is 5.26 Å². The van der Waals surface area contributed by atoms with Crippen LogP contribution in [0.25, 0.3) is 11.1 Å². The van der Waals surface area contributed by atoms with E-state index < -0.39 is 23.7 Å². The number of alkyl carbamates (subject to hydrolysis) is 1. The Kier molecular flexibility index (Phi) is 6.83. The predicted molar refractivity (Wildman–Crippen MR) is 130 cm³/mol. The monoisotopic (exact) mass is 469 g/mol. The minimum absolute atomic E-state index is 0.00282. The molecule has 1 aliphatic rings. The van der Waals surface area contributed by atoms with Gasteiger partial charge in [-0.3, -0.25) is 4.98 Å². The summed E-state index contributed by atoms with van der Waals surface area (Å²) in [5.74, 6) is -0.727. The number of pyridine rings is 1. The molecular weight excluding hydrogens is 442 g/mol. The Hall–Kier alpha value is -4.18. The molecule has 35 heavy (non-hydrogen) atoms. The van der Waals surface area contributed by atoms with E-state index in [1.165, 1.54) is 6.20 Å². The van der Waals surface area contributed by atoms with Crippen LogP contribution in [-0.4, -0.2) is 35.3 Å². The molecular formula is C28H27N3O4. The van der Waals surface area contributed by atoms with E-state index in [1.54, 1.807) is 32.9 Å². The molecule has 1 N–H and O–H groups in total. The van der Waals surface area contributed by atoms with Crippen LogP contribution >= 0.6 is 0 Å². The van der Waals surface area contributed by atoms with E-state index >= 15 is 0 Å². The van der Waals surface area contributed by atoms with E-state index in [0.29, 0.717) is 11.3 Å². The van der Waals surface area contributed by atoms with Gasteiger partial charge in [0, 0.05) is 18.5 Å². The Bertz CT molecular complexity index is 1240. The van der Waals surface area contributed by atoms with Crippen LogP contribution in [-0.2, 0) is 20.7 Å². The summed E-state index contributed by atoms with van der Waals surface area (Å²) >= 11 is 0. The third-order valence-corrected chi connectivity index (χ3v) is 5.74. The second kappa shape index (κ2) is 9.98. The summed E-state index contributed by atoms with van der Waals surface area (Å²) in [6.07, 6.45) is 0.801. The van der Waals surface area contributed by atoms with Crippen LogP contribution < -0.4 is 5.32 Å². The predicted octanol–water partition coefficient (Wildman–Crippen LogP) is 4.74. The van der Waals surface area contributed by atoms with Crippen LogP contribution in [0.5, 0.6) is 0 Å². The number of hydrogen-bond donors (Lipinski definition) is 1. The maximum absolute atomic E-state index is 12.9. The fourth-order valence-electron chi connectivity index (χ4n) is 4.24. The fraction of sp³-hybridized carbons (Fsp3) is 0.286. The molecule has 0 radical (unpaired) electrons. The lowest BCUT2D eigenvalue weighted by atomic mass is 9.98. The molecule has 0 unspecified atom stereocenters. The quantitative estimate of drug-likeness (QED) is 0.523. The van der Waals surface area contributed by atoms with E-state index in [0.717, 1.165) is 22.3 Å². The van der Waals surface area contributed by atoms with Gasteiger partial charge in [-0.25, -0.2) is 9.59 Å². The van der Waals surface area contributed by atoms with Crippen molar-refractivity contribution in [3.63, 3.8) is 0 Å². The second-order valence-corrected chi connectivity index (χ2v) is 9.37. The first-order valence-electron chi connectivity index (χ1n) is 11.4. The van der Waals surface area contributed by atoms with Gasteiger partial charge >= 0.3 is 12.1 Å². The van der Waals surface area contributed by atoms with Crippen LogP contribution in [0.4, 0.5) is 4.79 Å². The first kappa shape index (κ1) is 24.0. The fourth-order valence-corrected chi connectivity index (χ4v) is 4.24. The standard InChI is InChI=1S/C28H27N3O4/c1-28(2,3)35-26(32)25(15-24-18(16-29)9-8-14-30-24)31-27(33)34-17-23-21-12-6-4-10-19(21)20-11-5-7-13-22(20)23/h4-14,23,25H,15,17H2,1-3H3,(H,31,33)/t25-/m0/s1. The Morgan fingerprint density at radius 1 is 1.03 bits per heavy atom. The van der Waals surface area contributed by atoms with Gasteiger partial charge < -0.3 is 14.8 Å². The third kappa shape index (κ3) is 5.49. The van der Waals surface area contributed by atoms with Gasteiger partial charge in [0.25, 0.3) is 0 Å². The lowest BCUT2D eigenvalue weighted by Crippen LogP contribution is -2.46. The molecule has 1 heterocycles. The van der Waals surface area contributed by atoms with Crippen LogP contribution in [0, 0.1) is 11.3 Å². The Morgan fingerprint density at radius 2 is 1.66 bits per heavy atom. The number of benzene rings is 2. The molecule has 7 nitrogen and oxygen atoms in total. The zero-order valence-electron chi connectivity index (χ0n) is 19.9. The second-order valence-electron chi connectivity index (χ2n) is 9.37. The first-order chi connectivity index (χ1) is 16.8. The number of ether oxygens (including phenoxy) is 2. The van der Waals surface area contributed by atoms with E-state index in [4.69, 9.17) is 9.47 Å². The molecule has 2 aromatic carbocycles. The highest BCUT2D eigenvalue weighted by Crippen LogP contribution is 2.44. The van der Waals surface area contributed by atoms with Gasteiger partial charge in [0.2, 0.25) is 0 Å². The normalized spacial score (nSPS) is 13.2. The van der Waals surface area contributed by atoms with Crippen LogP contribution in [0.15, 0.2) is 66.9 Å². The van der Waals surface area contributed by atoms with Crippen molar-refractivity contribution in [2.75, 3.05) is 6.61 Å². The Labute approximate surface area is 204 Å². The zero-order chi connectivity index (χ0) is 25.0. The maximum Gasteiger partial charge on any atom is 0.407 e. The number of amides is 1. The average Bonchev–Trinajstić information content (AvgIpc) is 3.15. The molecule has 1 atom stereocenters. The van der Waals surface area contributed by atoms with Crippen molar-refractivity contribution < 1.29 is 19.1 Å². The van der Waals surface area contributed by atoms with Crippen LogP contribution in [0.2, 0.25) is 0 Å². The Morgan fingerprint density at radius 3 is 2.26 bits per heavy atom. The van der Waals surface area contributed by atoms with Crippen molar-refractivity contribution in [3.8, 4) is 17.2 Å². The number of rotatable bonds is 6. The minimum atomic E-state index is -1.06. The number of nitrogens with one attached hydrogen (secondary N) is 1. The number of nitrogens with zero attached hydrogens (tertiary/aromatic N) is 2. The highest BCUT2D eigenvalue weighted by atomic mass is 16.6. The third-order valence-electron chi connectivity index (χ3n) is 5.74. The van der Waals surface area contributed by atoms with Crippen molar-refractivity contribution in [3.05, 3.63) is 89.2 Å². The van der Waals surface area contributed by atoms with Gasteiger partial charge in [0.1, 0.15) is 24.3 Å². The molecule has 4 rings (SSSR count). The number of fused-ring (bicyclic) bond motifs is 3. The van der Waals surface area contributed by atoms with Crippen LogP contribution in [0.3, 0.4) is 0 Å². The highest BCUT2D eigenvalue weighted by Gasteiger charge is 2.31. The molecule has 1 aromatic heterocycles. The Balaban J connectivity index is 1.49. The van der Waals surface area contributed by atoms with Crippen molar-refractivity contribution in [2.24, 2.45) is 0 Å². The molecule has 3 aromatic rings.